The second kappa shape index (κ2) is 10.1. The summed E-state index contributed by atoms with van der Waals surface area (Å²) >= 11 is 0. The van der Waals surface area contributed by atoms with Gasteiger partial charge < -0.3 is 24.8 Å². The number of nitrogens with one attached hydrogen (secondary N) is 2. The van der Waals surface area contributed by atoms with Crippen molar-refractivity contribution < 1.29 is 23.8 Å². The van der Waals surface area contributed by atoms with Crippen molar-refractivity contribution in [2.24, 2.45) is 0 Å². The van der Waals surface area contributed by atoms with E-state index in [1.54, 1.807) is 33.5 Å². The first-order chi connectivity index (χ1) is 13.0. The highest BCUT2D eigenvalue weighted by atomic mass is 16.5. The number of carbonyl (C=O) groups excluding carboxylic acids is 2. The number of carbonyl (C=O) groups is 2. The normalized spacial score (nSPS) is 10.0. The van der Waals surface area contributed by atoms with Crippen molar-refractivity contribution in [3.05, 3.63) is 53.6 Å². The number of hydrogen-bond donors (Lipinski definition) is 2. The Morgan fingerprint density at radius 2 is 1.30 bits per heavy atom. The molecule has 0 heterocycles. The van der Waals surface area contributed by atoms with Gasteiger partial charge in [-0.3, -0.25) is 9.59 Å². The molecule has 2 rings (SSSR count). The molecule has 2 aromatic rings. The van der Waals surface area contributed by atoms with Crippen molar-refractivity contribution in [3.8, 4) is 17.2 Å². The summed E-state index contributed by atoms with van der Waals surface area (Å²) in [5.74, 6) is 1.26. The second-order valence-electron chi connectivity index (χ2n) is 5.77. The van der Waals surface area contributed by atoms with Gasteiger partial charge in [0.2, 0.25) is 11.8 Å². The third-order valence-electron chi connectivity index (χ3n) is 3.91. The molecule has 7 nitrogen and oxygen atoms in total. The van der Waals surface area contributed by atoms with Crippen LogP contribution in [-0.4, -0.2) is 33.1 Å². The van der Waals surface area contributed by atoms with Crippen molar-refractivity contribution in [3.63, 3.8) is 0 Å². The predicted octanol–water partition coefficient (Wildman–Crippen LogP) is 2.04. The van der Waals surface area contributed by atoms with Crippen molar-refractivity contribution in [2.75, 3.05) is 21.3 Å². The molecule has 0 radical (unpaired) electrons. The maximum Gasteiger partial charge on any atom is 0.229 e. The van der Waals surface area contributed by atoms with Gasteiger partial charge in [0.25, 0.3) is 0 Å². The molecule has 0 aromatic heterocycles. The average molecular weight is 372 g/mol. The largest absolute Gasteiger partial charge is 0.497 e. The number of methoxy groups -OCH3 is 3. The van der Waals surface area contributed by atoms with Gasteiger partial charge in [-0.25, -0.2) is 0 Å². The van der Waals surface area contributed by atoms with E-state index in [1.165, 1.54) is 0 Å². The van der Waals surface area contributed by atoms with Gasteiger partial charge in [0, 0.05) is 13.1 Å². The zero-order valence-electron chi connectivity index (χ0n) is 15.7. The van der Waals surface area contributed by atoms with Gasteiger partial charge in [-0.15, -0.1) is 0 Å². The van der Waals surface area contributed by atoms with Gasteiger partial charge in [-0.05, 0) is 35.4 Å². The minimum absolute atomic E-state index is 0.233. The monoisotopic (exact) mass is 372 g/mol. The number of amides is 2. The number of ether oxygens (including phenoxy) is 3. The van der Waals surface area contributed by atoms with Gasteiger partial charge in [-0.1, -0.05) is 18.2 Å². The average Bonchev–Trinajstić information content (AvgIpc) is 2.70. The third kappa shape index (κ3) is 6.22. The van der Waals surface area contributed by atoms with Crippen LogP contribution in [0.5, 0.6) is 17.2 Å². The van der Waals surface area contributed by atoms with Crippen LogP contribution in [0.25, 0.3) is 0 Å². The maximum absolute atomic E-state index is 12.0. The number of benzene rings is 2. The summed E-state index contributed by atoms with van der Waals surface area (Å²) in [6.45, 7) is 0.650. The summed E-state index contributed by atoms with van der Waals surface area (Å²) in [7, 11) is 4.70. The lowest BCUT2D eigenvalue weighted by Gasteiger charge is -2.10. The van der Waals surface area contributed by atoms with E-state index in [9.17, 15) is 9.59 Å². The zero-order chi connectivity index (χ0) is 19.6. The van der Waals surface area contributed by atoms with Crippen LogP contribution in [0.2, 0.25) is 0 Å². The molecule has 144 valence electrons. The molecule has 0 aliphatic rings. The van der Waals surface area contributed by atoms with Crippen LogP contribution in [0.4, 0.5) is 0 Å². The Hall–Kier alpha value is -3.22. The highest BCUT2D eigenvalue weighted by Crippen LogP contribution is 2.27. The Kier molecular flexibility index (Phi) is 7.49. The molecule has 0 saturated heterocycles. The molecule has 0 bridgehead atoms. The van der Waals surface area contributed by atoms with Crippen molar-refractivity contribution in [1.82, 2.24) is 10.6 Å². The summed E-state index contributed by atoms with van der Waals surface area (Å²) in [6, 6.07) is 12.7. The number of rotatable bonds is 9. The minimum Gasteiger partial charge on any atom is -0.497 e. The molecule has 0 aliphatic heterocycles. The maximum atomic E-state index is 12.0. The molecular formula is C20H24N2O5. The summed E-state index contributed by atoms with van der Waals surface area (Å²) in [4.78, 5) is 23.9. The van der Waals surface area contributed by atoms with Gasteiger partial charge in [0.15, 0.2) is 11.5 Å². The van der Waals surface area contributed by atoms with Crippen LogP contribution < -0.4 is 24.8 Å². The molecule has 2 aromatic carbocycles. The van der Waals surface area contributed by atoms with Crippen molar-refractivity contribution >= 4 is 11.8 Å². The molecular weight excluding hydrogens is 348 g/mol. The smallest absolute Gasteiger partial charge is 0.229 e. The lowest BCUT2D eigenvalue weighted by atomic mass is 10.2. The van der Waals surface area contributed by atoms with Crippen LogP contribution in [-0.2, 0) is 22.7 Å². The standard InChI is InChI=1S/C20H24N2O5/c1-25-16-7-4-14(5-8-16)12-21-19(23)11-20(24)22-13-15-6-9-17(26-2)18(10-15)27-3/h4-10H,11-13H2,1-3H3,(H,21,23)(H,22,24). The third-order valence-corrected chi connectivity index (χ3v) is 3.91. The fraction of sp³-hybridized carbons (Fsp3) is 0.300. The molecule has 2 N–H and O–H groups in total. The van der Waals surface area contributed by atoms with Gasteiger partial charge in [-0.2, -0.15) is 0 Å². The van der Waals surface area contributed by atoms with E-state index in [-0.39, 0.29) is 18.2 Å². The highest BCUT2D eigenvalue weighted by molar-refractivity contribution is 5.96. The van der Waals surface area contributed by atoms with Gasteiger partial charge >= 0.3 is 0 Å². The second-order valence-corrected chi connectivity index (χ2v) is 5.77. The van der Waals surface area contributed by atoms with Crippen LogP contribution >= 0.6 is 0 Å². The van der Waals surface area contributed by atoms with E-state index in [1.807, 2.05) is 30.3 Å². The first-order valence-electron chi connectivity index (χ1n) is 8.43. The SMILES string of the molecule is COc1ccc(CNC(=O)CC(=O)NCc2ccc(OC)c(OC)c2)cc1. The first-order valence-corrected chi connectivity index (χ1v) is 8.43. The van der Waals surface area contributed by atoms with E-state index >= 15 is 0 Å². The lowest BCUT2D eigenvalue weighted by molar-refractivity contribution is -0.129. The summed E-state index contributed by atoms with van der Waals surface area (Å²) in [5.41, 5.74) is 1.77. The topological polar surface area (TPSA) is 85.9 Å². The van der Waals surface area contributed by atoms with Crippen LogP contribution in [0.1, 0.15) is 17.5 Å². The van der Waals surface area contributed by atoms with E-state index in [4.69, 9.17) is 14.2 Å². The summed E-state index contributed by atoms with van der Waals surface area (Å²) < 4.78 is 15.5. The molecule has 0 saturated carbocycles. The molecule has 0 fully saturated rings. The first kappa shape index (κ1) is 20.1. The molecule has 7 heteroatoms. The van der Waals surface area contributed by atoms with E-state index in [2.05, 4.69) is 10.6 Å². The van der Waals surface area contributed by atoms with E-state index in [0.29, 0.717) is 24.6 Å². The number of hydrogen-bond acceptors (Lipinski definition) is 5. The lowest BCUT2D eigenvalue weighted by Crippen LogP contribution is -2.31. The quantitative estimate of drug-likeness (QED) is 0.658. The minimum atomic E-state index is -0.350. The van der Waals surface area contributed by atoms with Crippen LogP contribution in [0.3, 0.4) is 0 Å². The Bertz CT molecular complexity index is 774. The molecule has 0 atom stereocenters. The Labute approximate surface area is 158 Å². The Balaban J connectivity index is 1.76. The molecule has 27 heavy (non-hydrogen) atoms. The van der Waals surface area contributed by atoms with E-state index < -0.39 is 0 Å². The Morgan fingerprint density at radius 3 is 1.85 bits per heavy atom. The summed E-state index contributed by atoms with van der Waals surface area (Å²) in [6.07, 6.45) is -0.233. The molecule has 0 aliphatic carbocycles. The highest BCUT2D eigenvalue weighted by Gasteiger charge is 2.10. The predicted molar refractivity (Wildman–Crippen MR) is 101 cm³/mol. The molecule has 0 spiro atoms. The van der Waals surface area contributed by atoms with E-state index in [0.717, 1.165) is 16.9 Å². The zero-order valence-corrected chi connectivity index (χ0v) is 15.7. The molecule has 2 amide bonds. The van der Waals surface area contributed by atoms with Crippen molar-refractivity contribution in [2.45, 2.75) is 19.5 Å². The fourth-order valence-corrected chi connectivity index (χ4v) is 2.41. The fourth-order valence-electron chi connectivity index (χ4n) is 2.41. The van der Waals surface area contributed by atoms with Crippen LogP contribution in [0, 0.1) is 0 Å². The Morgan fingerprint density at radius 1 is 0.741 bits per heavy atom. The van der Waals surface area contributed by atoms with Crippen molar-refractivity contribution in [1.29, 1.82) is 0 Å². The van der Waals surface area contributed by atoms with Gasteiger partial charge in [0.05, 0.1) is 21.3 Å². The summed E-state index contributed by atoms with van der Waals surface area (Å²) in [5, 5.41) is 5.44. The molecule has 0 unspecified atom stereocenters. The van der Waals surface area contributed by atoms with Gasteiger partial charge in [0.1, 0.15) is 12.2 Å². The van der Waals surface area contributed by atoms with Crippen LogP contribution in [0.15, 0.2) is 42.5 Å².